The molecule has 18 heavy (non-hydrogen) atoms. The van der Waals surface area contributed by atoms with Gasteiger partial charge in [-0.05, 0) is 44.1 Å². The molecule has 1 saturated heterocycles. The smallest absolute Gasteiger partial charge is 0.320 e. The zero-order valence-electron chi connectivity index (χ0n) is 10.0. The fourth-order valence-corrected chi connectivity index (χ4v) is 3.33. The third-order valence-corrected chi connectivity index (χ3v) is 4.33. The van der Waals surface area contributed by atoms with E-state index in [1.807, 2.05) is 0 Å². The molecular formula is C11H17N5O2. The molecule has 1 saturated carbocycles. The van der Waals surface area contributed by atoms with Crippen LogP contribution in [0.25, 0.3) is 0 Å². The highest BCUT2D eigenvalue weighted by atomic mass is 16.4. The highest BCUT2D eigenvalue weighted by Gasteiger charge is 2.38. The van der Waals surface area contributed by atoms with Crippen LogP contribution in [0.2, 0.25) is 0 Å². The topological polar surface area (TPSA) is 104 Å². The van der Waals surface area contributed by atoms with Crippen LogP contribution in [0.4, 0.5) is 0 Å². The molecule has 7 nitrogen and oxygen atoms in total. The molecule has 0 spiro atoms. The molecule has 3 N–H and O–H groups in total. The fourth-order valence-electron chi connectivity index (χ4n) is 3.33. The van der Waals surface area contributed by atoms with E-state index in [1.54, 1.807) is 0 Å². The number of fused-ring (bicyclic) bond motifs is 1. The number of aliphatic carboxylic acids is 1. The van der Waals surface area contributed by atoms with Gasteiger partial charge in [-0.1, -0.05) is 5.21 Å². The van der Waals surface area contributed by atoms with E-state index in [4.69, 9.17) is 5.11 Å². The number of carboxylic acids is 1. The summed E-state index contributed by atoms with van der Waals surface area (Å²) in [5.41, 5.74) is 0. The first kappa shape index (κ1) is 11.6. The summed E-state index contributed by atoms with van der Waals surface area (Å²) in [6.45, 7) is 0.820. The summed E-state index contributed by atoms with van der Waals surface area (Å²) in [5.74, 6) is 1.43. The minimum absolute atomic E-state index is 0.331. The maximum Gasteiger partial charge on any atom is 0.320 e. The Labute approximate surface area is 104 Å². The number of aromatic nitrogens is 4. The van der Waals surface area contributed by atoms with Crippen molar-refractivity contribution in [1.29, 1.82) is 0 Å². The van der Waals surface area contributed by atoms with Gasteiger partial charge < -0.3 is 10.4 Å². The summed E-state index contributed by atoms with van der Waals surface area (Å²) in [5, 5.41) is 26.4. The van der Waals surface area contributed by atoms with Gasteiger partial charge in [0.25, 0.3) is 0 Å². The van der Waals surface area contributed by atoms with E-state index in [-0.39, 0.29) is 0 Å². The molecule has 1 aromatic heterocycles. The summed E-state index contributed by atoms with van der Waals surface area (Å²) in [7, 11) is 0. The lowest BCUT2D eigenvalue weighted by Crippen LogP contribution is -2.49. The number of piperidine rings is 1. The van der Waals surface area contributed by atoms with Gasteiger partial charge in [0.2, 0.25) is 0 Å². The lowest BCUT2D eigenvalue weighted by atomic mass is 9.69. The molecule has 2 heterocycles. The van der Waals surface area contributed by atoms with Crippen LogP contribution in [0.5, 0.6) is 0 Å². The van der Waals surface area contributed by atoms with Gasteiger partial charge in [-0.2, -0.15) is 5.21 Å². The first-order valence-electron chi connectivity index (χ1n) is 6.43. The summed E-state index contributed by atoms with van der Waals surface area (Å²) in [6.07, 6.45) is 3.88. The second kappa shape index (κ2) is 4.64. The molecule has 1 aliphatic carbocycles. The quantitative estimate of drug-likeness (QED) is 0.691. The van der Waals surface area contributed by atoms with E-state index in [0.717, 1.165) is 31.6 Å². The minimum Gasteiger partial charge on any atom is -0.480 e. The number of aromatic amines is 1. The van der Waals surface area contributed by atoms with Crippen molar-refractivity contribution in [2.24, 2.45) is 11.8 Å². The van der Waals surface area contributed by atoms with E-state index < -0.39 is 12.0 Å². The van der Waals surface area contributed by atoms with E-state index in [2.05, 4.69) is 25.9 Å². The Kier molecular flexibility index (Phi) is 2.99. The number of nitrogens with zero attached hydrogens (tertiary/aromatic N) is 3. The molecule has 0 unspecified atom stereocenters. The second-order valence-electron chi connectivity index (χ2n) is 5.33. The zero-order chi connectivity index (χ0) is 12.5. The largest absolute Gasteiger partial charge is 0.480 e. The van der Waals surface area contributed by atoms with Crippen LogP contribution >= 0.6 is 0 Å². The Bertz CT molecular complexity index is 421. The van der Waals surface area contributed by atoms with E-state index >= 15 is 0 Å². The average molecular weight is 251 g/mol. The van der Waals surface area contributed by atoms with Gasteiger partial charge in [-0.25, -0.2) is 0 Å². The van der Waals surface area contributed by atoms with Crippen LogP contribution in [0.3, 0.4) is 0 Å². The molecule has 1 aromatic rings. The molecule has 4 atom stereocenters. The zero-order valence-corrected chi connectivity index (χ0v) is 10.0. The lowest BCUT2D eigenvalue weighted by molar-refractivity contribution is -0.141. The normalized spacial score (nSPS) is 36.0. The van der Waals surface area contributed by atoms with Gasteiger partial charge in [-0.15, -0.1) is 10.2 Å². The van der Waals surface area contributed by atoms with Crippen molar-refractivity contribution in [2.75, 3.05) is 6.54 Å². The molecule has 0 aromatic carbocycles. The SMILES string of the molecule is O=C(O)[C@@H]1C[C@H]2C[C@@H](c3nn[nH]n3)CC[C@H]2CN1. The first-order chi connectivity index (χ1) is 8.74. The summed E-state index contributed by atoms with van der Waals surface area (Å²) in [6, 6.07) is -0.393. The minimum atomic E-state index is -0.741. The van der Waals surface area contributed by atoms with Gasteiger partial charge in [-0.3, -0.25) is 4.79 Å². The van der Waals surface area contributed by atoms with Crippen LogP contribution in [0, 0.1) is 11.8 Å². The number of rotatable bonds is 2. The standard InChI is InChI=1S/C11H17N5O2/c17-11(18)9-4-8-3-6(10-13-15-16-14-10)1-2-7(8)5-12-9/h6-9,12H,1-5H2,(H,17,18)(H,13,14,15,16)/t6-,7-,8+,9-/m0/s1. The van der Waals surface area contributed by atoms with E-state index in [0.29, 0.717) is 24.2 Å². The Morgan fingerprint density at radius 3 is 2.89 bits per heavy atom. The number of hydrogen-bond donors (Lipinski definition) is 3. The molecule has 0 bridgehead atoms. The number of H-pyrrole nitrogens is 1. The Morgan fingerprint density at radius 1 is 1.28 bits per heavy atom. The van der Waals surface area contributed by atoms with Crippen molar-refractivity contribution in [2.45, 2.75) is 37.6 Å². The number of hydrogen-bond acceptors (Lipinski definition) is 5. The van der Waals surface area contributed by atoms with E-state index in [1.165, 1.54) is 0 Å². The van der Waals surface area contributed by atoms with Crippen molar-refractivity contribution < 1.29 is 9.90 Å². The van der Waals surface area contributed by atoms with Crippen LogP contribution < -0.4 is 5.32 Å². The third-order valence-electron chi connectivity index (χ3n) is 4.33. The highest BCUT2D eigenvalue weighted by Crippen LogP contribution is 2.41. The maximum absolute atomic E-state index is 11.0. The monoisotopic (exact) mass is 251 g/mol. The number of nitrogens with one attached hydrogen (secondary N) is 2. The molecule has 2 aliphatic rings. The summed E-state index contributed by atoms with van der Waals surface area (Å²) < 4.78 is 0. The van der Waals surface area contributed by atoms with Crippen molar-refractivity contribution in [3.05, 3.63) is 5.82 Å². The van der Waals surface area contributed by atoms with Gasteiger partial charge in [0.1, 0.15) is 6.04 Å². The van der Waals surface area contributed by atoms with Crippen molar-refractivity contribution in [3.8, 4) is 0 Å². The van der Waals surface area contributed by atoms with Gasteiger partial charge in [0.15, 0.2) is 5.82 Å². The summed E-state index contributed by atoms with van der Waals surface area (Å²) >= 11 is 0. The third kappa shape index (κ3) is 2.10. The molecule has 1 aliphatic heterocycles. The van der Waals surface area contributed by atoms with Crippen molar-refractivity contribution in [1.82, 2.24) is 25.9 Å². The molecule has 7 heteroatoms. The van der Waals surface area contributed by atoms with Crippen LogP contribution in [0.1, 0.15) is 37.4 Å². The molecular weight excluding hydrogens is 234 g/mol. The van der Waals surface area contributed by atoms with Crippen molar-refractivity contribution >= 4 is 5.97 Å². The predicted molar refractivity (Wildman–Crippen MR) is 61.8 cm³/mol. The van der Waals surface area contributed by atoms with Gasteiger partial charge in [0.05, 0.1) is 0 Å². The maximum atomic E-state index is 11.0. The fraction of sp³-hybridized carbons (Fsp3) is 0.818. The number of carboxylic acid groups (broad SMARTS) is 1. The number of carbonyl (C=O) groups is 1. The molecule has 98 valence electrons. The van der Waals surface area contributed by atoms with Crippen LogP contribution in [-0.2, 0) is 4.79 Å². The second-order valence-corrected chi connectivity index (χ2v) is 5.33. The predicted octanol–water partition coefficient (Wildman–Crippen LogP) is 0.146. The Hall–Kier alpha value is -1.50. The highest BCUT2D eigenvalue weighted by molar-refractivity contribution is 5.73. The Balaban J connectivity index is 1.68. The molecule has 0 radical (unpaired) electrons. The molecule has 3 rings (SSSR count). The first-order valence-corrected chi connectivity index (χ1v) is 6.43. The lowest BCUT2D eigenvalue weighted by Gasteiger charge is -2.40. The average Bonchev–Trinajstić information content (AvgIpc) is 2.91. The number of tetrazole rings is 1. The van der Waals surface area contributed by atoms with Crippen LogP contribution in [-0.4, -0.2) is 44.3 Å². The van der Waals surface area contributed by atoms with Crippen molar-refractivity contribution in [3.63, 3.8) is 0 Å². The van der Waals surface area contributed by atoms with Gasteiger partial charge in [0, 0.05) is 5.92 Å². The Morgan fingerprint density at radius 2 is 2.17 bits per heavy atom. The molecule has 0 amide bonds. The summed E-state index contributed by atoms with van der Waals surface area (Å²) in [4.78, 5) is 11.0. The van der Waals surface area contributed by atoms with Crippen LogP contribution in [0.15, 0.2) is 0 Å². The molecule has 2 fully saturated rings. The van der Waals surface area contributed by atoms with Gasteiger partial charge >= 0.3 is 5.97 Å². The van der Waals surface area contributed by atoms with E-state index in [9.17, 15) is 4.79 Å².